The minimum atomic E-state index is -0.310. The predicted molar refractivity (Wildman–Crippen MR) is 83.2 cm³/mol. The number of hydrogen-bond acceptors (Lipinski definition) is 5. The molecule has 0 aliphatic carbocycles. The zero-order chi connectivity index (χ0) is 16.1. The van der Waals surface area contributed by atoms with Crippen molar-refractivity contribution in [2.45, 2.75) is 13.0 Å². The van der Waals surface area contributed by atoms with Crippen LogP contribution in [0.25, 0.3) is 11.4 Å². The topological polar surface area (TPSA) is 74.2 Å². The monoisotopic (exact) mass is 313 g/mol. The lowest BCUT2D eigenvalue weighted by molar-refractivity contribution is 0.242. The molecule has 3 aromatic rings. The first kappa shape index (κ1) is 15.2. The second-order valence-electron chi connectivity index (χ2n) is 4.99. The largest absolute Gasteiger partial charge is 0.484 e. The summed E-state index contributed by atoms with van der Waals surface area (Å²) in [7, 11) is 0. The van der Waals surface area contributed by atoms with E-state index in [1.54, 1.807) is 12.1 Å². The van der Waals surface area contributed by atoms with Crippen molar-refractivity contribution in [3.8, 4) is 17.1 Å². The third kappa shape index (κ3) is 3.92. The number of benzene rings is 2. The van der Waals surface area contributed by atoms with E-state index in [2.05, 4.69) is 10.1 Å². The van der Waals surface area contributed by atoms with Gasteiger partial charge < -0.3 is 15.0 Å². The molecule has 1 heterocycles. The molecule has 0 aliphatic rings. The van der Waals surface area contributed by atoms with E-state index in [0.29, 0.717) is 24.0 Å². The minimum Gasteiger partial charge on any atom is -0.484 e. The highest BCUT2D eigenvalue weighted by Crippen LogP contribution is 2.18. The lowest BCUT2D eigenvalue weighted by atomic mass is 10.1. The van der Waals surface area contributed by atoms with Gasteiger partial charge in [-0.05, 0) is 42.8 Å². The third-order valence-electron chi connectivity index (χ3n) is 3.29. The number of nitrogens with two attached hydrogens (primary N) is 1. The molecule has 0 bridgehead atoms. The number of rotatable bonds is 6. The molecule has 2 N–H and O–H groups in total. The zero-order valence-electron chi connectivity index (χ0n) is 12.4. The molecule has 2 aromatic carbocycles. The molecular weight excluding hydrogens is 297 g/mol. The predicted octanol–water partition coefficient (Wildman–Crippen LogP) is 2.96. The van der Waals surface area contributed by atoms with Crippen LogP contribution in [0.3, 0.4) is 0 Å². The summed E-state index contributed by atoms with van der Waals surface area (Å²) in [5, 5.41) is 3.94. The second kappa shape index (κ2) is 7.02. The first-order valence-corrected chi connectivity index (χ1v) is 7.25. The smallest absolute Gasteiger partial charge is 0.264 e. The van der Waals surface area contributed by atoms with E-state index in [0.717, 1.165) is 12.0 Å². The Kier molecular flexibility index (Phi) is 4.63. The Balaban J connectivity index is 1.64. The van der Waals surface area contributed by atoms with Gasteiger partial charge in [-0.15, -0.1) is 0 Å². The van der Waals surface area contributed by atoms with E-state index in [1.807, 2.05) is 24.3 Å². The van der Waals surface area contributed by atoms with Crippen molar-refractivity contribution in [2.75, 3.05) is 6.54 Å². The van der Waals surface area contributed by atoms with E-state index >= 15 is 0 Å². The van der Waals surface area contributed by atoms with Crippen LogP contribution in [0.5, 0.6) is 5.75 Å². The molecule has 0 unspecified atom stereocenters. The molecule has 0 fully saturated rings. The van der Waals surface area contributed by atoms with Crippen molar-refractivity contribution < 1.29 is 13.7 Å². The molecule has 0 saturated heterocycles. The van der Waals surface area contributed by atoms with Gasteiger partial charge in [-0.1, -0.05) is 29.4 Å². The summed E-state index contributed by atoms with van der Waals surface area (Å²) in [4.78, 5) is 4.29. The Labute approximate surface area is 132 Å². The maximum Gasteiger partial charge on any atom is 0.264 e. The highest BCUT2D eigenvalue weighted by molar-refractivity contribution is 5.54. The molecule has 0 atom stereocenters. The summed E-state index contributed by atoms with van der Waals surface area (Å²) < 4.78 is 23.4. The Bertz CT molecular complexity index is 754. The van der Waals surface area contributed by atoms with Gasteiger partial charge in [-0.2, -0.15) is 4.98 Å². The normalized spacial score (nSPS) is 10.7. The summed E-state index contributed by atoms with van der Waals surface area (Å²) >= 11 is 0. The van der Waals surface area contributed by atoms with Crippen LogP contribution in [0.4, 0.5) is 4.39 Å². The van der Waals surface area contributed by atoms with Gasteiger partial charge in [-0.3, -0.25) is 0 Å². The molecule has 23 heavy (non-hydrogen) atoms. The zero-order valence-corrected chi connectivity index (χ0v) is 12.4. The van der Waals surface area contributed by atoms with Gasteiger partial charge in [0.05, 0.1) is 0 Å². The number of ether oxygens (including phenoxy) is 1. The summed E-state index contributed by atoms with van der Waals surface area (Å²) in [6, 6.07) is 13.6. The number of nitrogens with zero attached hydrogens (tertiary/aromatic N) is 2. The molecule has 0 amide bonds. The van der Waals surface area contributed by atoms with Crippen molar-refractivity contribution in [1.29, 1.82) is 0 Å². The average molecular weight is 313 g/mol. The van der Waals surface area contributed by atoms with E-state index < -0.39 is 0 Å². The molecule has 0 radical (unpaired) electrons. The Morgan fingerprint density at radius 3 is 2.48 bits per heavy atom. The quantitative estimate of drug-likeness (QED) is 0.757. The minimum absolute atomic E-state index is 0.129. The second-order valence-corrected chi connectivity index (χ2v) is 4.99. The number of halogens is 1. The van der Waals surface area contributed by atoms with E-state index in [1.165, 1.54) is 17.7 Å². The van der Waals surface area contributed by atoms with E-state index in [-0.39, 0.29) is 12.4 Å². The molecule has 0 spiro atoms. The number of aromatic nitrogens is 2. The van der Waals surface area contributed by atoms with Crippen LogP contribution >= 0.6 is 0 Å². The maximum atomic E-state index is 12.8. The molecule has 6 heteroatoms. The average Bonchev–Trinajstić information content (AvgIpc) is 3.04. The van der Waals surface area contributed by atoms with Gasteiger partial charge in [0, 0.05) is 5.56 Å². The first-order valence-electron chi connectivity index (χ1n) is 7.25. The van der Waals surface area contributed by atoms with Crippen LogP contribution in [0.15, 0.2) is 53.1 Å². The van der Waals surface area contributed by atoms with Crippen LogP contribution < -0.4 is 10.5 Å². The Hall–Kier alpha value is -2.73. The summed E-state index contributed by atoms with van der Waals surface area (Å²) in [6.45, 7) is 0.746. The summed E-state index contributed by atoms with van der Waals surface area (Å²) in [5.41, 5.74) is 7.56. The van der Waals surface area contributed by atoms with Crippen LogP contribution in [0.1, 0.15) is 11.5 Å². The van der Waals surface area contributed by atoms with Gasteiger partial charge >= 0.3 is 0 Å². The molecule has 118 valence electrons. The van der Waals surface area contributed by atoms with Crippen LogP contribution in [-0.4, -0.2) is 16.7 Å². The maximum absolute atomic E-state index is 12.8. The molecule has 0 saturated carbocycles. The lowest BCUT2D eigenvalue weighted by Gasteiger charge is -2.01. The molecule has 3 rings (SSSR count). The molecular formula is C17H16FN3O2. The highest BCUT2D eigenvalue weighted by Gasteiger charge is 2.09. The van der Waals surface area contributed by atoms with Crippen LogP contribution in [0, 0.1) is 5.82 Å². The first-order chi connectivity index (χ1) is 11.2. The van der Waals surface area contributed by atoms with Crippen molar-refractivity contribution in [3.63, 3.8) is 0 Å². The fourth-order valence-corrected chi connectivity index (χ4v) is 2.09. The van der Waals surface area contributed by atoms with Gasteiger partial charge in [0.15, 0.2) is 6.61 Å². The van der Waals surface area contributed by atoms with Crippen molar-refractivity contribution >= 4 is 0 Å². The molecule has 5 nitrogen and oxygen atoms in total. The standard InChI is InChI=1S/C17H16FN3O2/c18-14-5-7-15(8-6-14)22-11-16-20-17(21-23-16)13-3-1-12(2-4-13)9-10-19/h1-8H,9-11,19H2. The molecule has 0 aliphatic heterocycles. The van der Waals surface area contributed by atoms with E-state index in [9.17, 15) is 4.39 Å². The van der Waals surface area contributed by atoms with Crippen molar-refractivity contribution in [2.24, 2.45) is 5.73 Å². The van der Waals surface area contributed by atoms with Gasteiger partial charge in [0.2, 0.25) is 5.82 Å². The lowest BCUT2D eigenvalue weighted by Crippen LogP contribution is -2.02. The SMILES string of the molecule is NCCc1ccc(-c2noc(COc3ccc(F)cc3)n2)cc1. The summed E-state index contributed by atoms with van der Waals surface area (Å²) in [6.07, 6.45) is 0.837. The van der Waals surface area contributed by atoms with E-state index in [4.69, 9.17) is 15.0 Å². The number of hydrogen-bond donors (Lipinski definition) is 1. The highest BCUT2D eigenvalue weighted by atomic mass is 19.1. The Morgan fingerprint density at radius 2 is 1.78 bits per heavy atom. The van der Waals surface area contributed by atoms with Gasteiger partial charge in [-0.25, -0.2) is 4.39 Å². The van der Waals surface area contributed by atoms with Crippen molar-refractivity contribution in [1.82, 2.24) is 10.1 Å². The molecule has 1 aromatic heterocycles. The van der Waals surface area contributed by atoms with Crippen LogP contribution in [-0.2, 0) is 13.0 Å². The van der Waals surface area contributed by atoms with Crippen molar-refractivity contribution in [3.05, 3.63) is 65.8 Å². The summed E-state index contributed by atoms with van der Waals surface area (Å²) in [5.74, 6) is 1.09. The van der Waals surface area contributed by atoms with Crippen LogP contribution in [0.2, 0.25) is 0 Å². The van der Waals surface area contributed by atoms with Gasteiger partial charge in [0.1, 0.15) is 11.6 Å². The fourth-order valence-electron chi connectivity index (χ4n) is 2.09. The third-order valence-corrected chi connectivity index (χ3v) is 3.29. The Morgan fingerprint density at radius 1 is 1.04 bits per heavy atom. The fraction of sp³-hybridized carbons (Fsp3) is 0.176. The van der Waals surface area contributed by atoms with Gasteiger partial charge in [0.25, 0.3) is 5.89 Å².